The Morgan fingerprint density at radius 3 is 0.273 bits per heavy atom. The molecular weight excluding hydrogens is 551 g/mol. The third-order valence-corrected chi connectivity index (χ3v) is 0. The van der Waals surface area contributed by atoms with Crippen molar-refractivity contribution in [2.45, 2.75) is 0 Å². The van der Waals surface area contributed by atoms with Crippen molar-refractivity contribution in [3.8, 4) is 0 Å². The Morgan fingerprint density at radius 2 is 0.273 bits per heavy atom. The third-order valence-electron chi connectivity index (χ3n) is 0. The normalized spacial score (nSPS) is 0. The van der Waals surface area contributed by atoms with Crippen LogP contribution in [0.15, 0.2) is 0 Å². The van der Waals surface area contributed by atoms with E-state index in [1.165, 1.54) is 0 Å². The van der Waals surface area contributed by atoms with Crippen LogP contribution in [0.3, 0.4) is 0 Å². The summed E-state index contributed by atoms with van der Waals surface area (Å²) in [5.74, 6) is 0. The molecule has 0 aromatic heterocycles. The monoisotopic (exact) mass is 566 g/mol. The fourth-order valence-corrected chi connectivity index (χ4v) is 0. The van der Waals surface area contributed by atoms with Gasteiger partial charge in [0.15, 0.2) is 0 Å². The molecule has 0 aromatic rings. The second-order valence-electron chi connectivity index (χ2n) is 0. The van der Waals surface area contributed by atoms with Crippen LogP contribution in [-0.2, 0) is 145 Å². The van der Waals surface area contributed by atoms with E-state index in [1.807, 2.05) is 0 Å². The zero-order valence-electron chi connectivity index (χ0n) is 5.89. The average Bonchev–Trinajstić information content (AvgIpc) is 0. The van der Waals surface area contributed by atoms with E-state index in [9.17, 15) is 0 Å². The standard InChI is InChI=1S/4H3N.3Ru.4Ti/h4*1H3;;;;;;;. The van der Waals surface area contributed by atoms with Crippen LogP contribution in [0, 0.1) is 0 Å². The van der Waals surface area contributed by atoms with E-state index in [0.717, 1.165) is 0 Å². The Balaban J connectivity index is 0. The van der Waals surface area contributed by atoms with Gasteiger partial charge in [0.25, 0.3) is 0 Å². The van der Waals surface area contributed by atoms with Crippen LogP contribution in [0.2, 0.25) is 0 Å². The molecule has 0 aliphatic heterocycles. The molecule has 0 saturated carbocycles. The molecule has 0 rings (SSSR count). The zero-order chi connectivity index (χ0) is 0. The number of hydrogen-bond acceptors (Lipinski definition) is 4. The summed E-state index contributed by atoms with van der Waals surface area (Å²) in [6.45, 7) is 0. The van der Waals surface area contributed by atoms with Crippen molar-refractivity contribution in [1.82, 2.24) is 24.6 Å². The van der Waals surface area contributed by atoms with Crippen molar-refractivity contribution in [3.05, 3.63) is 0 Å². The van der Waals surface area contributed by atoms with Crippen LogP contribution < -0.4 is 24.6 Å². The number of rotatable bonds is 0. The minimum atomic E-state index is 0. The predicted octanol–water partition coefficient (Wildman–Crippen LogP) is 0.630. The van der Waals surface area contributed by atoms with Gasteiger partial charge in [0, 0.05) is 145 Å². The summed E-state index contributed by atoms with van der Waals surface area (Å²) in [4.78, 5) is 0. The van der Waals surface area contributed by atoms with Crippen LogP contribution in [0.5, 0.6) is 0 Å². The topological polar surface area (TPSA) is 140 Å². The molecule has 4 nitrogen and oxygen atoms in total. The predicted molar refractivity (Wildman–Crippen MR) is 20.1 cm³/mol. The molecule has 0 amide bonds. The van der Waals surface area contributed by atoms with Crippen LogP contribution in [0.4, 0.5) is 0 Å². The van der Waals surface area contributed by atoms with Gasteiger partial charge in [-0.05, 0) is 0 Å². The minimum Gasteiger partial charge on any atom is -0.344 e. The van der Waals surface area contributed by atoms with Crippen LogP contribution in [0.1, 0.15) is 0 Å². The van der Waals surface area contributed by atoms with Crippen molar-refractivity contribution >= 4 is 0 Å². The SMILES string of the molecule is N.N.N.N.[Ru].[Ru].[Ru].[Ti].[Ti].[Ti].[Ti]. The summed E-state index contributed by atoms with van der Waals surface area (Å²) in [5, 5.41) is 0. The van der Waals surface area contributed by atoms with E-state index in [1.54, 1.807) is 0 Å². The first-order valence-electron chi connectivity index (χ1n) is 0. The Morgan fingerprint density at radius 1 is 0.273 bits per heavy atom. The fraction of sp³-hybridized carbons (Fsp3) is 0. The molecule has 0 aromatic carbocycles. The first kappa shape index (κ1) is 158. The molecule has 0 aliphatic carbocycles. The molecule has 11 heteroatoms. The maximum atomic E-state index is 0. The second kappa shape index (κ2) is 129. The molecule has 0 aliphatic rings. The van der Waals surface area contributed by atoms with Gasteiger partial charge in [0.1, 0.15) is 0 Å². The van der Waals surface area contributed by atoms with E-state index in [-0.39, 0.29) is 170 Å². The molecule has 72 valence electrons. The Kier molecular flexibility index (Phi) is 1850. The first-order valence-corrected chi connectivity index (χ1v) is 0. The molecule has 12 N–H and O–H groups in total. The largest absolute Gasteiger partial charge is 0.344 e. The maximum absolute atomic E-state index is 0. The molecule has 0 radical (unpaired) electrons. The first-order chi connectivity index (χ1) is 0. The van der Waals surface area contributed by atoms with E-state index in [4.69, 9.17) is 0 Å². The van der Waals surface area contributed by atoms with Gasteiger partial charge < -0.3 is 24.6 Å². The van der Waals surface area contributed by atoms with Gasteiger partial charge in [-0.15, -0.1) is 0 Å². The average molecular weight is 563 g/mol. The Bertz CT molecular complexity index is 17.3. The van der Waals surface area contributed by atoms with Crippen LogP contribution in [0.25, 0.3) is 0 Å². The third kappa shape index (κ3) is 110. The summed E-state index contributed by atoms with van der Waals surface area (Å²) in [6.07, 6.45) is 0. The molecule has 0 bridgehead atoms. The maximum Gasteiger partial charge on any atom is 0 e. The molecule has 0 saturated heterocycles. The molecule has 0 spiro atoms. The van der Waals surface area contributed by atoms with Gasteiger partial charge in [0.2, 0.25) is 0 Å². The zero-order valence-corrected chi connectivity index (χ0v) is 17.3. The smallest absolute Gasteiger partial charge is 0 e. The van der Waals surface area contributed by atoms with Gasteiger partial charge in [-0.25, -0.2) is 0 Å². The van der Waals surface area contributed by atoms with Crippen molar-refractivity contribution in [2.75, 3.05) is 0 Å². The van der Waals surface area contributed by atoms with Crippen molar-refractivity contribution in [1.29, 1.82) is 0 Å². The summed E-state index contributed by atoms with van der Waals surface area (Å²) in [5.41, 5.74) is 0. The summed E-state index contributed by atoms with van der Waals surface area (Å²) >= 11 is 0. The number of hydrogen-bond donors (Lipinski definition) is 4. The van der Waals surface area contributed by atoms with Crippen LogP contribution in [-0.4, -0.2) is 0 Å². The van der Waals surface area contributed by atoms with Gasteiger partial charge in [-0.3, -0.25) is 0 Å². The summed E-state index contributed by atoms with van der Waals surface area (Å²) in [6, 6.07) is 0. The van der Waals surface area contributed by atoms with Gasteiger partial charge in [0.05, 0.1) is 0 Å². The van der Waals surface area contributed by atoms with Crippen molar-refractivity contribution < 1.29 is 145 Å². The molecule has 0 unspecified atom stereocenters. The van der Waals surface area contributed by atoms with Crippen molar-refractivity contribution in [2.24, 2.45) is 0 Å². The molecule has 11 heavy (non-hydrogen) atoms. The molecule has 0 heterocycles. The molecule has 0 atom stereocenters. The van der Waals surface area contributed by atoms with E-state index >= 15 is 0 Å². The van der Waals surface area contributed by atoms with E-state index in [2.05, 4.69) is 0 Å². The van der Waals surface area contributed by atoms with Gasteiger partial charge >= 0.3 is 0 Å². The second-order valence-corrected chi connectivity index (χ2v) is 0. The summed E-state index contributed by atoms with van der Waals surface area (Å²) in [7, 11) is 0. The van der Waals surface area contributed by atoms with E-state index in [0.29, 0.717) is 0 Å². The van der Waals surface area contributed by atoms with E-state index < -0.39 is 0 Å². The molecular formula is H12N4Ru3Ti4. The van der Waals surface area contributed by atoms with Gasteiger partial charge in [-0.1, -0.05) is 0 Å². The van der Waals surface area contributed by atoms with Gasteiger partial charge in [-0.2, -0.15) is 0 Å². The Labute approximate surface area is 167 Å². The fourth-order valence-electron chi connectivity index (χ4n) is 0. The minimum absolute atomic E-state index is 0. The quantitative estimate of drug-likeness (QED) is 0.322. The Hall–Kier alpha value is 4.57. The van der Waals surface area contributed by atoms with Crippen LogP contribution >= 0.6 is 0 Å². The summed E-state index contributed by atoms with van der Waals surface area (Å²) < 4.78 is 0. The van der Waals surface area contributed by atoms with Crippen molar-refractivity contribution in [3.63, 3.8) is 0 Å². The molecule has 0 fully saturated rings.